The molecule has 0 saturated carbocycles. The number of carbonyl (C=O) groups is 1. The Kier molecular flexibility index (Phi) is 5.54. The third-order valence-electron chi connectivity index (χ3n) is 1.16. The van der Waals surface area contributed by atoms with Crippen molar-refractivity contribution in [3.8, 4) is 0 Å². The summed E-state index contributed by atoms with van der Waals surface area (Å²) < 4.78 is 6.94. The Morgan fingerprint density at radius 2 is 2.18 bits per heavy atom. The maximum absolute atomic E-state index is 10.5. The number of hydrogen-bond acceptors (Lipinski definition) is 2. The molecule has 11 heavy (non-hydrogen) atoms. The highest BCUT2D eigenvalue weighted by atomic mass is 127. The van der Waals surface area contributed by atoms with E-state index in [9.17, 15) is 4.79 Å². The van der Waals surface area contributed by atoms with Crippen molar-refractivity contribution in [3.05, 3.63) is 9.66 Å². The molecule has 0 aromatic rings. The maximum Gasteiger partial charge on any atom is 0.302 e. The molecule has 0 bridgehead atoms. The normalized spacial score (nSPS) is 14.4. The van der Waals surface area contributed by atoms with Gasteiger partial charge >= 0.3 is 5.97 Å². The summed E-state index contributed by atoms with van der Waals surface area (Å²) in [4.78, 5) is 10.5. The fourth-order valence-corrected chi connectivity index (χ4v) is 1.08. The summed E-state index contributed by atoms with van der Waals surface area (Å²) in [5.74, 6) is -0.209. The van der Waals surface area contributed by atoms with Gasteiger partial charge in [-0.15, -0.1) is 0 Å². The molecule has 0 aromatic heterocycles. The van der Waals surface area contributed by atoms with Crippen molar-refractivity contribution >= 4 is 28.6 Å². The van der Waals surface area contributed by atoms with Gasteiger partial charge in [0.05, 0.1) is 0 Å². The zero-order chi connectivity index (χ0) is 8.85. The maximum atomic E-state index is 10.5. The van der Waals surface area contributed by atoms with Crippen LogP contribution < -0.4 is 0 Å². The van der Waals surface area contributed by atoms with Crippen molar-refractivity contribution in [1.82, 2.24) is 0 Å². The minimum Gasteiger partial charge on any atom is -0.463 e. The molecule has 0 saturated heterocycles. The largest absolute Gasteiger partial charge is 0.463 e. The zero-order valence-corrected chi connectivity index (χ0v) is 9.21. The first-order valence-corrected chi connectivity index (χ1v) is 4.74. The van der Waals surface area contributed by atoms with Gasteiger partial charge in [0.1, 0.15) is 6.10 Å². The van der Waals surface area contributed by atoms with Crippen LogP contribution in [-0.4, -0.2) is 12.1 Å². The average molecular weight is 268 g/mol. The third-order valence-corrected chi connectivity index (χ3v) is 2.23. The Bertz CT molecular complexity index is 163. The summed E-state index contributed by atoms with van der Waals surface area (Å²) >= 11 is 2.18. The van der Waals surface area contributed by atoms with Crippen LogP contribution in [-0.2, 0) is 9.53 Å². The summed E-state index contributed by atoms with van der Waals surface area (Å²) in [5.41, 5.74) is 1.24. The van der Waals surface area contributed by atoms with Gasteiger partial charge in [0.15, 0.2) is 0 Å². The third kappa shape index (κ3) is 6.34. The zero-order valence-electron chi connectivity index (χ0n) is 7.06. The molecule has 0 aliphatic carbocycles. The molecule has 0 aliphatic rings. The van der Waals surface area contributed by atoms with Crippen LogP contribution in [0.5, 0.6) is 0 Å². The lowest BCUT2D eigenvalue weighted by molar-refractivity contribution is -0.145. The number of hydrogen-bond donors (Lipinski definition) is 0. The van der Waals surface area contributed by atoms with Crippen molar-refractivity contribution in [1.29, 1.82) is 0 Å². The molecule has 0 aromatic carbocycles. The van der Waals surface area contributed by atoms with Gasteiger partial charge in [0.25, 0.3) is 0 Å². The average Bonchev–Trinajstić information content (AvgIpc) is 1.85. The fourth-order valence-electron chi connectivity index (χ4n) is 0.823. The van der Waals surface area contributed by atoms with Gasteiger partial charge in [-0.3, -0.25) is 4.79 Å². The van der Waals surface area contributed by atoms with Crippen LogP contribution in [0.3, 0.4) is 0 Å². The lowest BCUT2D eigenvalue weighted by atomic mass is 10.2. The monoisotopic (exact) mass is 268 g/mol. The number of carbonyl (C=O) groups excluding carboxylic acids is 1. The smallest absolute Gasteiger partial charge is 0.302 e. The molecular formula is C8H13IO2. The minimum atomic E-state index is -0.209. The number of ether oxygens (including phenoxy) is 1. The van der Waals surface area contributed by atoms with Crippen molar-refractivity contribution in [2.45, 2.75) is 33.3 Å². The molecule has 0 N–H and O–H groups in total. The summed E-state index contributed by atoms with van der Waals surface area (Å²) in [6, 6.07) is 0. The Labute approximate surface area is 81.1 Å². The predicted molar refractivity (Wildman–Crippen MR) is 53.6 cm³/mol. The lowest BCUT2D eigenvalue weighted by Gasteiger charge is -2.10. The molecule has 0 spiro atoms. The van der Waals surface area contributed by atoms with Gasteiger partial charge in [-0.05, 0) is 17.9 Å². The Morgan fingerprint density at radius 3 is 2.55 bits per heavy atom. The Hall–Kier alpha value is -0.0600. The first-order valence-electron chi connectivity index (χ1n) is 3.49. The summed E-state index contributed by atoms with van der Waals surface area (Å²) in [5, 5.41) is 0. The van der Waals surface area contributed by atoms with Gasteiger partial charge < -0.3 is 4.74 Å². The molecule has 1 atom stereocenters. The first-order chi connectivity index (χ1) is 5.06. The van der Waals surface area contributed by atoms with E-state index in [1.54, 1.807) is 0 Å². The molecule has 3 heteroatoms. The van der Waals surface area contributed by atoms with Crippen molar-refractivity contribution < 1.29 is 9.53 Å². The quantitative estimate of drug-likeness (QED) is 0.581. The van der Waals surface area contributed by atoms with Crippen molar-refractivity contribution in [3.63, 3.8) is 0 Å². The van der Waals surface area contributed by atoms with Crippen LogP contribution in [0.4, 0.5) is 0 Å². The van der Waals surface area contributed by atoms with Crippen LogP contribution in [0.2, 0.25) is 0 Å². The van der Waals surface area contributed by atoms with E-state index in [-0.39, 0.29) is 12.1 Å². The highest BCUT2D eigenvalue weighted by molar-refractivity contribution is 14.1. The number of esters is 1. The Morgan fingerprint density at radius 1 is 1.64 bits per heavy atom. The summed E-state index contributed by atoms with van der Waals surface area (Å²) in [6.07, 6.45) is 0.821. The van der Waals surface area contributed by atoms with Crippen LogP contribution in [0.15, 0.2) is 9.66 Å². The SMILES string of the molecule is CC(=O)O[C@@H](C)C/C(C)=C/I. The van der Waals surface area contributed by atoms with Crippen molar-refractivity contribution in [2.75, 3.05) is 0 Å². The minimum absolute atomic E-state index is 0.00137. The topological polar surface area (TPSA) is 26.3 Å². The fraction of sp³-hybridized carbons (Fsp3) is 0.625. The highest BCUT2D eigenvalue weighted by Crippen LogP contribution is 2.09. The van der Waals surface area contributed by atoms with E-state index in [0.29, 0.717) is 0 Å². The first kappa shape index (κ1) is 10.9. The standard InChI is InChI=1S/C8H13IO2/c1-6(5-9)4-7(2)11-8(3)10/h5,7H,4H2,1-3H3/b6-5+/t7-/m0/s1. The van der Waals surface area contributed by atoms with E-state index in [2.05, 4.69) is 22.6 Å². The van der Waals surface area contributed by atoms with Gasteiger partial charge in [-0.25, -0.2) is 0 Å². The van der Waals surface area contributed by atoms with E-state index in [1.165, 1.54) is 12.5 Å². The second-order valence-corrected chi connectivity index (χ2v) is 3.20. The highest BCUT2D eigenvalue weighted by Gasteiger charge is 2.04. The molecule has 0 unspecified atom stereocenters. The molecule has 0 amide bonds. The molecule has 0 heterocycles. The number of rotatable bonds is 3. The number of halogens is 1. The van der Waals surface area contributed by atoms with Crippen LogP contribution in [0.25, 0.3) is 0 Å². The Balaban J connectivity index is 3.69. The molecule has 0 rings (SSSR count). The molecule has 0 radical (unpaired) electrons. The van der Waals surface area contributed by atoms with Gasteiger partial charge in [0.2, 0.25) is 0 Å². The molecule has 2 nitrogen and oxygen atoms in total. The molecule has 64 valence electrons. The molecule has 0 fully saturated rings. The summed E-state index contributed by atoms with van der Waals surface area (Å²) in [6.45, 7) is 5.34. The second-order valence-electron chi connectivity index (χ2n) is 2.58. The summed E-state index contributed by atoms with van der Waals surface area (Å²) in [7, 11) is 0. The molecular weight excluding hydrogens is 255 g/mol. The predicted octanol–water partition coefficient (Wildman–Crippen LogP) is 2.67. The second kappa shape index (κ2) is 5.57. The van der Waals surface area contributed by atoms with Crippen LogP contribution >= 0.6 is 22.6 Å². The van der Waals surface area contributed by atoms with Crippen molar-refractivity contribution in [2.24, 2.45) is 0 Å². The molecule has 0 aliphatic heterocycles. The van der Waals surface area contributed by atoms with Crippen LogP contribution in [0.1, 0.15) is 27.2 Å². The lowest BCUT2D eigenvalue weighted by Crippen LogP contribution is -2.12. The van der Waals surface area contributed by atoms with E-state index >= 15 is 0 Å². The van der Waals surface area contributed by atoms with Gasteiger partial charge in [-0.1, -0.05) is 28.2 Å². The van der Waals surface area contributed by atoms with E-state index in [1.807, 2.05) is 17.9 Å². The van der Waals surface area contributed by atoms with E-state index in [4.69, 9.17) is 4.74 Å². The van der Waals surface area contributed by atoms with E-state index in [0.717, 1.165) is 6.42 Å². The van der Waals surface area contributed by atoms with Gasteiger partial charge in [0, 0.05) is 13.3 Å². The van der Waals surface area contributed by atoms with Crippen LogP contribution in [0, 0.1) is 0 Å². The van der Waals surface area contributed by atoms with Gasteiger partial charge in [-0.2, -0.15) is 0 Å². The van der Waals surface area contributed by atoms with E-state index < -0.39 is 0 Å².